The van der Waals surface area contributed by atoms with Crippen molar-refractivity contribution in [2.75, 3.05) is 5.32 Å². The van der Waals surface area contributed by atoms with Crippen LogP contribution in [0.15, 0.2) is 59.2 Å². The maximum absolute atomic E-state index is 13.2. The van der Waals surface area contributed by atoms with Gasteiger partial charge in [0, 0.05) is 25.3 Å². The third-order valence-corrected chi connectivity index (χ3v) is 3.81. The van der Waals surface area contributed by atoms with Crippen LogP contribution in [0.2, 0.25) is 0 Å². The molecule has 2 aromatic heterocycles. The second-order valence-corrected chi connectivity index (χ2v) is 6.29. The molecule has 2 heterocycles. The molecule has 5 nitrogen and oxygen atoms in total. The normalized spacial score (nSPS) is 11.9. The summed E-state index contributed by atoms with van der Waals surface area (Å²) in [6.07, 6.45) is 4.76. The Balaban J connectivity index is 1.58. The number of carbonyl (C=O) groups is 1. The third kappa shape index (κ3) is 5.13. The van der Waals surface area contributed by atoms with Crippen LogP contribution in [0.5, 0.6) is 0 Å². The number of hydrogen-bond donors (Lipinski definition) is 1. The Bertz CT molecular complexity index is 950. The lowest BCUT2D eigenvalue weighted by Gasteiger charge is -2.05. The molecule has 0 atom stereocenters. The fraction of sp³-hybridized carbons (Fsp3) is 0.200. The van der Waals surface area contributed by atoms with Crippen molar-refractivity contribution in [1.29, 1.82) is 0 Å². The second-order valence-electron chi connectivity index (χ2n) is 6.29. The predicted molar refractivity (Wildman–Crippen MR) is 98.4 cm³/mol. The van der Waals surface area contributed by atoms with E-state index in [2.05, 4.69) is 10.4 Å². The summed E-state index contributed by atoms with van der Waals surface area (Å²) < 4.78 is 33.0. The molecule has 1 N–H and O–H groups in total. The predicted octanol–water partition coefficient (Wildman–Crippen LogP) is 4.60. The zero-order valence-corrected chi connectivity index (χ0v) is 14.9. The number of benzene rings is 1. The molecule has 3 rings (SSSR count). The first-order chi connectivity index (χ1) is 12.8. The summed E-state index contributed by atoms with van der Waals surface area (Å²) in [5.41, 5.74) is 2.07. The minimum Gasteiger partial charge on any atom is -0.458 e. The van der Waals surface area contributed by atoms with Crippen LogP contribution < -0.4 is 5.32 Å². The number of aryl methyl sites for hydroxylation is 1. The highest BCUT2D eigenvalue weighted by atomic mass is 19.3. The molecule has 0 spiro atoms. The summed E-state index contributed by atoms with van der Waals surface area (Å²) in [6, 6.07) is 12.1. The van der Waals surface area contributed by atoms with Crippen LogP contribution in [0.1, 0.15) is 29.6 Å². The van der Waals surface area contributed by atoms with Gasteiger partial charge in [0.1, 0.15) is 5.76 Å². The summed E-state index contributed by atoms with van der Waals surface area (Å²) in [6.45, 7) is 2.96. The van der Waals surface area contributed by atoms with E-state index in [9.17, 15) is 13.6 Å². The molecule has 0 bridgehead atoms. The molecule has 0 aliphatic carbocycles. The zero-order chi connectivity index (χ0) is 19.4. The molecule has 27 heavy (non-hydrogen) atoms. The van der Waals surface area contributed by atoms with Crippen LogP contribution in [0.25, 0.3) is 6.08 Å². The van der Waals surface area contributed by atoms with E-state index in [0.29, 0.717) is 11.6 Å². The van der Waals surface area contributed by atoms with Crippen molar-refractivity contribution >= 4 is 17.8 Å². The molecule has 0 unspecified atom stereocenters. The second kappa shape index (κ2) is 7.57. The molecule has 1 aromatic carbocycles. The first kappa shape index (κ1) is 18.6. The Labute approximate surface area is 155 Å². The number of nitrogens with one attached hydrogen (secondary N) is 1. The largest absolute Gasteiger partial charge is 0.458 e. The van der Waals surface area contributed by atoms with Gasteiger partial charge in [0.25, 0.3) is 0 Å². The number of hydrogen-bond acceptors (Lipinski definition) is 3. The van der Waals surface area contributed by atoms with Crippen molar-refractivity contribution in [2.24, 2.45) is 0 Å². The van der Waals surface area contributed by atoms with E-state index < -0.39 is 5.92 Å². The number of rotatable bonds is 6. The first-order valence-corrected chi connectivity index (χ1v) is 8.36. The van der Waals surface area contributed by atoms with Gasteiger partial charge in [0.15, 0.2) is 11.6 Å². The lowest BCUT2D eigenvalue weighted by atomic mass is 10.1. The van der Waals surface area contributed by atoms with Gasteiger partial charge >= 0.3 is 5.92 Å². The average Bonchev–Trinajstić information content (AvgIpc) is 3.24. The molecule has 0 aliphatic rings. The topological polar surface area (TPSA) is 60.1 Å². The first-order valence-electron chi connectivity index (χ1n) is 8.36. The van der Waals surface area contributed by atoms with E-state index in [1.54, 1.807) is 18.3 Å². The smallest absolute Gasteiger partial charge is 0.301 e. The van der Waals surface area contributed by atoms with E-state index in [-0.39, 0.29) is 18.2 Å². The standard InChI is InChI=1S/C20H19F2N3O2/c1-14-3-5-15(6-4-14)7-10-19(26)23-18-11-12-25(24-18)13-16-8-9-17(27-16)20(2,21)22/h3-12H,13H2,1-2H3,(H,23,24,26)/b10-7+. The molecular weight excluding hydrogens is 352 g/mol. The molecular formula is C20H19F2N3O2. The monoisotopic (exact) mass is 371 g/mol. The quantitative estimate of drug-likeness (QED) is 0.645. The van der Waals surface area contributed by atoms with Crippen molar-refractivity contribution in [3.8, 4) is 0 Å². The van der Waals surface area contributed by atoms with E-state index in [4.69, 9.17) is 4.42 Å². The van der Waals surface area contributed by atoms with Crippen LogP contribution in [0, 0.1) is 6.92 Å². The Kier molecular flexibility index (Phi) is 5.21. The number of alkyl halides is 2. The summed E-state index contributed by atoms with van der Waals surface area (Å²) in [5.74, 6) is -3.01. The highest BCUT2D eigenvalue weighted by molar-refractivity contribution is 6.01. The zero-order valence-electron chi connectivity index (χ0n) is 14.9. The summed E-state index contributed by atoms with van der Waals surface area (Å²) in [4.78, 5) is 12.0. The molecule has 0 radical (unpaired) electrons. The molecule has 0 saturated heterocycles. The van der Waals surface area contributed by atoms with Gasteiger partial charge in [0.2, 0.25) is 5.91 Å². The lowest BCUT2D eigenvalue weighted by molar-refractivity contribution is -0.111. The SMILES string of the molecule is Cc1ccc(/C=C/C(=O)Nc2ccn(Cc3ccc(C(C)(F)F)o3)n2)cc1. The van der Waals surface area contributed by atoms with Gasteiger partial charge in [-0.15, -0.1) is 0 Å². The van der Waals surface area contributed by atoms with Gasteiger partial charge in [-0.1, -0.05) is 29.8 Å². The molecule has 140 valence electrons. The maximum Gasteiger partial charge on any atom is 0.301 e. The maximum atomic E-state index is 13.2. The van der Waals surface area contributed by atoms with Crippen LogP contribution in [-0.2, 0) is 17.3 Å². The van der Waals surface area contributed by atoms with Crippen molar-refractivity contribution in [3.05, 3.63) is 77.4 Å². The number of aromatic nitrogens is 2. The fourth-order valence-electron chi connectivity index (χ4n) is 2.39. The number of anilines is 1. The molecule has 0 saturated carbocycles. The molecule has 0 aliphatic heterocycles. The van der Waals surface area contributed by atoms with Gasteiger partial charge in [-0.25, -0.2) is 0 Å². The van der Waals surface area contributed by atoms with Crippen molar-refractivity contribution in [1.82, 2.24) is 9.78 Å². The Morgan fingerprint density at radius 2 is 1.96 bits per heavy atom. The molecule has 0 fully saturated rings. The van der Waals surface area contributed by atoms with E-state index >= 15 is 0 Å². The number of carbonyl (C=O) groups excluding carboxylic acids is 1. The number of nitrogens with zero attached hydrogens (tertiary/aromatic N) is 2. The summed E-state index contributed by atoms with van der Waals surface area (Å²) in [7, 11) is 0. The van der Waals surface area contributed by atoms with E-state index in [0.717, 1.165) is 18.1 Å². The van der Waals surface area contributed by atoms with Crippen LogP contribution in [0.4, 0.5) is 14.6 Å². The fourth-order valence-corrected chi connectivity index (χ4v) is 2.39. The lowest BCUT2D eigenvalue weighted by Crippen LogP contribution is -2.09. The van der Waals surface area contributed by atoms with Crippen LogP contribution >= 0.6 is 0 Å². The third-order valence-electron chi connectivity index (χ3n) is 3.81. The average molecular weight is 371 g/mol. The van der Waals surface area contributed by atoms with Crippen LogP contribution in [0.3, 0.4) is 0 Å². The molecule has 3 aromatic rings. The van der Waals surface area contributed by atoms with Crippen molar-refractivity contribution in [2.45, 2.75) is 26.3 Å². The van der Waals surface area contributed by atoms with Crippen molar-refractivity contribution < 1.29 is 18.0 Å². The van der Waals surface area contributed by atoms with Gasteiger partial charge < -0.3 is 9.73 Å². The highest BCUT2D eigenvalue weighted by Crippen LogP contribution is 2.28. The minimum absolute atomic E-state index is 0.186. The Hall–Kier alpha value is -3.22. The number of furan rings is 1. The number of halogens is 2. The Morgan fingerprint density at radius 3 is 2.63 bits per heavy atom. The van der Waals surface area contributed by atoms with Gasteiger partial charge in [0.05, 0.1) is 6.54 Å². The highest BCUT2D eigenvalue weighted by Gasteiger charge is 2.28. The van der Waals surface area contributed by atoms with E-state index in [1.165, 1.54) is 22.9 Å². The van der Waals surface area contributed by atoms with Gasteiger partial charge in [-0.05, 0) is 30.7 Å². The minimum atomic E-state index is -3.02. The van der Waals surface area contributed by atoms with E-state index in [1.807, 2.05) is 31.2 Å². The van der Waals surface area contributed by atoms with Crippen molar-refractivity contribution in [3.63, 3.8) is 0 Å². The summed E-state index contributed by atoms with van der Waals surface area (Å²) >= 11 is 0. The molecule has 7 heteroatoms. The summed E-state index contributed by atoms with van der Waals surface area (Å²) in [5, 5.41) is 6.84. The van der Waals surface area contributed by atoms with Gasteiger partial charge in [-0.3, -0.25) is 9.48 Å². The van der Waals surface area contributed by atoms with Gasteiger partial charge in [-0.2, -0.15) is 13.9 Å². The molecule has 1 amide bonds. The van der Waals surface area contributed by atoms with Crippen LogP contribution in [-0.4, -0.2) is 15.7 Å². The number of amides is 1. The Morgan fingerprint density at radius 1 is 1.22 bits per heavy atom.